The van der Waals surface area contributed by atoms with Gasteiger partial charge in [-0.25, -0.2) is 13.8 Å². The van der Waals surface area contributed by atoms with Crippen LogP contribution in [-0.2, 0) is 12.0 Å². The van der Waals surface area contributed by atoms with E-state index >= 15 is 0 Å². The molecule has 0 fully saturated rings. The second-order valence-corrected chi connectivity index (χ2v) is 7.59. The molecule has 2 rings (SSSR count). The fourth-order valence-corrected chi connectivity index (χ4v) is 3.00. The van der Waals surface area contributed by atoms with Gasteiger partial charge in [0.15, 0.2) is 17.5 Å². The summed E-state index contributed by atoms with van der Waals surface area (Å²) in [7, 11) is 1.66. The molecule has 0 aliphatic heterocycles. The highest BCUT2D eigenvalue weighted by Gasteiger charge is 2.17. The van der Waals surface area contributed by atoms with E-state index in [0.29, 0.717) is 19.0 Å². The Bertz CT molecular complexity index is 762. The lowest BCUT2D eigenvalue weighted by molar-refractivity contribution is 0.304. The van der Waals surface area contributed by atoms with Gasteiger partial charge in [-0.2, -0.15) is 0 Å². The Labute approximate surface area is 179 Å². The number of hydrogen-bond donors (Lipinski definition) is 2. The van der Waals surface area contributed by atoms with Gasteiger partial charge < -0.3 is 15.4 Å². The van der Waals surface area contributed by atoms with Crippen LogP contribution in [0.25, 0.3) is 0 Å². The van der Waals surface area contributed by atoms with Crippen LogP contribution in [0.5, 0.6) is 5.75 Å². The molecule has 0 aliphatic rings. The lowest BCUT2D eigenvalue weighted by Gasteiger charge is -2.14. The van der Waals surface area contributed by atoms with Gasteiger partial charge in [0.25, 0.3) is 0 Å². The molecule has 0 atom stereocenters. The minimum absolute atomic E-state index is 0. The quantitative estimate of drug-likeness (QED) is 0.266. The van der Waals surface area contributed by atoms with Gasteiger partial charge >= 0.3 is 0 Å². The summed E-state index contributed by atoms with van der Waals surface area (Å²) in [5.74, 6) is -0.727. The molecule has 0 saturated carbocycles. The number of nitrogens with zero attached hydrogens (tertiary/aromatic N) is 2. The molecule has 27 heavy (non-hydrogen) atoms. The highest BCUT2D eigenvalue weighted by molar-refractivity contribution is 14.0. The standard InChI is InChI=1S/C18H24F2N4OS.HI/c1-18(2,3)15-11-26-16(24-15)10-23-17(21-4)22-7-8-25-14-6-5-12(19)9-13(14)20;/h5-6,9,11H,7-8,10H2,1-4H3,(H2,21,22,23);1H. The highest BCUT2D eigenvalue weighted by Crippen LogP contribution is 2.23. The number of nitrogens with one attached hydrogen (secondary N) is 2. The number of ether oxygens (including phenoxy) is 1. The second kappa shape index (κ2) is 10.7. The summed E-state index contributed by atoms with van der Waals surface area (Å²) in [5.41, 5.74) is 1.10. The van der Waals surface area contributed by atoms with E-state index in [-0.39, 0.29) is 41.7 Å². The van der Waals surface area contributed by atoms with Crippen LogP contribution in [0.3, 0.4) is 0 Å². The van der Waals surface area contributed by atoms with Crippen LogP contribution < -0.4 is 15.4 Å². The lowest BCUT2D eigenvalue weighted by atomic mass is 9.93. The zero-order valence-electron chi connectivity index (χ0n) is 15.8. The number of rotatable bonds is 6. The van der Waals surface area contributed by atoms with E-state index in [9.17, 15) is 8.78 Å². The van der Waals surface area contributed by atoms with Gasteiger partial charge in [0.05, 0.1) is 18.8 Å². The van der Waals surface area contributed by atoms with Gasteiger partial charge in [0, 0.05) is 23.9 Å². The number of aliphatic imine (C=N–C) groups is 1. The van der Waals surface area contributed by atoms with Crippen LogP contribution >= 0.6 is 35.3 Å². The first-order valence-electron chi connectivity index (χ1n) is 8.27. The summed E-state index contributed by atoms with van der Waals surface area (Å²) in [6.45, 7) is 7.58. The van der Waals surface area contributed by atoms with E-state index in [1.165, 1.54) is 6.07 Å². The van der Waals surface area contributed by atoms with Crippen LogP contribution in [0.15, 0.2) is 28.6 Å². The third-order valence-electron chi connectivity index (χ3n) is 3.50. The summed E-state index contributed by atoms with van der Waals surface area (Å²) < 4.78 is 31.6. The van der Waals surface area contributed by atoms with Crippen LogP contribution in [-0.4, -0.2) is 31.1 Å². The van der Waals surface area contributed by atoms with Gasteiger partial charge in [0.2, 0.25) is 0 Å². The molecule has 0 bridgehead atoms. The highest BCUT2D eigenvalue weighted by atomic mass is 127. The maximum atomic E-state index is 13.5. The maximum absolute atomic E-state index is 13.5. The molecule has 0 radical (unpaired) electrons. The van der Waals surface area contributed by atoms with Gasteiger partial charge in [0.1, 0.15) is 17.4 Å². The lowest BCUT2D eigenvalue weighted by Crippen LogP contribution is -2.38. The largest absolute Gasteiger partial charge is 0.489 e. The predicted molar refractivity (Wildman–Crippen MR) is 116 cm³/mol. The number of hydrogen-bond acceptors (Lipinski definition) is 4. The van der Waals surface area contributed by atoms with E-state index < -0.39 is 11.6 Å². The zero-order valence-corrected chi connectivity index (χ0v) is 19.0. The fourth-order valence-electron chi connectivity index (χ4n) is 2.04. The molecule has 0 saturated heterocycles. The van der Waals surface area contributed by atoms with E-state index in [1.807, 2.05) is 0 Å². The van der Waals surface area contributed by atoms with E-state index in [0.717, 1.165) is 22.8 Å². The second-order valence-electron chi connectivity index (χ2n) is 6.65. The fraction of sp³-hybridized carbons (Fsp3) is 0.444. The molecule has 0 amide bonds. The van der Waals surface area contributed by atoms with E-state index in [2.05, 4.69) is 46.8 Å². The van der Waals surface area contributed by atoms with Crippen LogP contribution in [0.1, 0.15) is 31.5 Å². The topological polar surface area (TPSA) is 58.5 Å². The predicted octanol–water partition coefficient (Wildman–Crippen LogP) is 4.08. The minimum Gasteiger partial charge on any atom is -0.489 e. The maximum Gasteiger partial charge on any atom is 0.191 e. The number of benzene rings is 1. The summed E-state index contributed by atoms with van der Waals surface area (Å²) >= 11 is 1.60. The molecule has 2 aromatic rings. The Morgan fingerprint density at radius 1 is 1.26 bits per heavy atom. The van der Waals surface area contributed by atoms with Crippen molar-refractivity contribution in [3.63, 3.8) is 0 Å². The average molecular weight is 510 g/mol. The van der Waals surface area contributed by atoms with Gasteiger partial charge in [-0.3, -0.25) is 4.99 Å². The summed E-state index contributed by atoms with van der Waals surface area (Å²) in [6, 6.07) is 3.22. The van der Waals surface area contributed by atoms with Crippen molar-refractivity contribution in [3.05, 3.63) is 45.9 Å². The number of guanidine groups is 1. The molecular weight excluding hydrogens is 485 g/mol. The molecule has 1 aromatic carbocycles. The van der Waals surface area contributed by atoms with Crippen molar-refractivity contribution in [1.82, 2.24) is 15.6 Å². The van der Waals surface area contributed by atoms with Gasteiger partial charge in [-0.1, -0.05) is 20.8 Å². The Kier molecular flexibility index (Phi) is 9.37. The molecule has 9 heteroatoms. The molecule has 0 aliphatic carbocycles. The minimum atomic E-state index is -0.717. The summed E-state index contributed by atoms with van der Waals surface area (Å²) in [4.78, 5) is 8.74. The molecule has 0 unspecified atom stereocenters. The molecular formula is C18H25F2IN4OS. The van der Waals surface area contributed by atoms with Gasteiger partial charge in [-0.15, -0.1) is 35.3 Å². The number of halogens is 3. The molecule has 5 nitrogen and oxygen atoms in total. The first kappa shape index (κ1) is 23.5. The van der Waals surface area contributed by atoms with Crippen molar-refractivity contribution in [2.24, 2.45) is 4.99 Å². The third-order valence-corrected chi connectivity index (χ3v) is 4.35. The van der Waals surface area contributed by atoms with E-state index in [4.69, 9.17) is 4.74 Å². The molecule has 2 N–H and O–H groups in total. The van der Waals surface area contributed by atoms with Crippen molar-refractivity contribution in [1.29, 1.82) is 0 Å². The monoisotopic (exact) mass is 510 g/mol. The van der Waals surface area contributed by atoms with Crippen molar-refractivity contribution in [3.8, 4) is 5.75 Å². The van der Waals surface area contributed by atoms with Crippen LogP contribution in [0, 0.1) is 11.6 Å². The van der Waals surface area contributed by atoms with Gasteiger partial charge in [-0.05, 0) is 12.1 Å². The third kappa shape index (κ3) is 7.57. The van der Waals surface area contributed by atoms with Crippen molar-refractivity contribution >= 4 is 41.3 Å². The Hall–Kier alpha value is -1.49. The summed E-state index contributed by atoms with van der Waals surface area (Å²) in [5, 5.41) is 9.29. The number of aromatic nitrogens is 1. The first-order valence-corrected chi connectivity index (χ1v) is 9.15. The zero-order chi connectivity index (χ0) is 19.2. The van der Waals surface area contributed by atoms with Crippen molar-refractivity contribution in [2.45, 2.75) is 32.7 Å². The van der Waals surface area contributed by atoms with Crippen molar-refractivity contribution in [2.75, 3.05) is 20.2 Å². The normalized spacial score (nSPS) is 11.7. The average Bonchev–Trinajstić information content (AvgIpc) is 3.05. The first-order chi connectivity index (χ1) is 12.3. The van der Waals surface area contributed by atoms with Crippen LogP contribution in [0.2, 0.25) is 0 Å². The van der Waals surface area contributed by atoms with Crippen molar-refractivity contribution < 1.29 is 13.5 Å². The Balaban J connectivity index is 0.00000364. The molecule has 1 aromatic heterocycles. The summed E-state index contributed by atoms with van der Waals surface area (Å²) in [6.07, 6.45) is 0. The SMILES string of the molecule is CN=C(NCCOc1ccc(F)cc1F)NCc1nc(C(C)(C)C)cs1.I. The number of thiazole rings is 1. The molecule has 1 heterocycles. The Morgan fingerprint density at radius 3 is 2.59 bits per heavy atom. The molecule has 0 spiro atoms. The van der Waals surface area contributed by atoms with E-state index in [1.54, 1.807) is 18.4 Å². The smallest absolute Gasteiger partial charge is 0.191 e. The van der Waals surface area contributed by atoms with Crippen LogP contribution in [0.4, 0.5) is 8.78 Å². The molecule has 150 valence electrons. The Morgan fingerprint density at radius 2 is 2.00 bits per heavy atom.